The van der Waals surface area contributed by atoms with Crippen LogP contribution in [0.3, 0.4) is 0 Å². The summed E-state index contributed by atoms with van der Waals surface area (Å²) in [7, 11) is 0. The summed E-state index contributed by atoms with van der Waals surface area (Å²) in [4.78, 5) is 12.8. The molecule has 2 aromatic carbocycles. The second kappa shape index (κ2) is 8.04. The van der Waals surface area contributed by atoms with E-state index in [1.165, 1.54) is 23.5 Å². The standard InChI is InChI=1S/C20H16F3N3O3S/c1-9-3-11(18-14(4-9)25-17(7-24-18)29-20(22)23)19-26-13-5-12(21)15(6-16(13)30-19)28-10(2)8-27/h3-7,10,20,27H,8H2,1-2H3. The monoisotopic (exact) mass is 435 g/mol. The molecule has 0 spiro atoms. The zero-order chi connectivity index (χ0) is 21.4. The number of thiazole rings is 1. The van der Waals surface area contributed by atoms with Gasteiger partial charge in [0.25, 0.3) is 0 Å². The molecule has 0 amide bonds. The van der Waals surface area contributed by atoms with Gasteiger partial charge in [-0.15, -0.1) is 11.3 Å². The molecular weight excluding hydrogens is 419 g/mol. The highest BCUT2D eigenvalue weighted by Crippen LogP contribution is 2.37. The van der Waals surface area contributed by atoms with Crippen LogP contribution in [-0.4, -0.2) is 39.4 Å². The molecule has 0 aliphatic carbocycles. The van der Waals surface area contributed by atoms with Gasteiger partial charge in [-0.05, 0) is 31.5 Å². The zero-order valence-electron chi connectivity index (χ0n) is 15.9. The van der Waals surface area contributed by atoms with Crippen molar-refractivity contribution >= 4 is 32.6 Å². The minimum absolute atomic E-state index is 0.0296. The van der Waals surface area contributed by atoms with Crippen molar-refractivity contribution in [1.82, 2.24) is 15.0 Å². The number of rotatable bonds is 6. The molecule has 30 heavy (non-hydrogen) atoms. The van der Waals surface area contributed by atoms with Crippen molar-refractivity contribution < 1.29 is 27.8 Å². The SMILES string of the molecule is Cc1cc(-c2nc3cc(F)c(OC(C)CO)cc3s2)c2ncc(OC(F)F)nc2c1. The molecule has 1 atom stereocenters. The smallest absolute Gasteiger partial charge is 0.388 e. The molecule has 4 aromatic rings. The Morgan fingerprint density at radius 3 is 2.63 bits per heavy atom. The van der Waals surface area contributed by atoms with Gasteiger partial charge in [0.05, 0.1) is 34.1 Å². The highest BCUT2D eigenvalue weighted by Gasteiger charge is 2.17. The topological polar surface area (TPSA) is 77.4 Å². The van der Waals surface area contributed by atoms with Crippen LogP contribution in [0.25, 0.3) is 31.8 Å². The number of alkyl halides is 2. The van der Waals surface area contributed by atoms with E-state index in [-0.39, 0.29) is 18.2 Å². The largest absolute Gasteiger partial charge is 0.485 e. The number of aromatic nitrogens is 3. The predicted octanol–water partition coefficient (Wildman–Crippen LogP) is 4.72. The first kappa shape index (κ1) is 20.3. The van der Waals surface area contributed by atoms with Gasteiger partial charge in [0.1, 0.15) is 11.1 Å². The van der Waals surface area contributed by atoms with E-state index in [9.17, 15) is 13.2 Å². The molecule has 0 saturated carbocycles. The molecule has 0 saturated heterocycles. The van der Waals surface area contributed by atoms with Gasteiger partial charge in [-0.1, -0.05) is 0 Å². The van der Waals surface area contributed by atoms with Crippen molar-refractivity contribution in [3.8, 4) is 22.2 Å². The van der Waals surface area contributed by atoms with E-state index in [2.05, 4.69) is 19.7 Å². The van der Waals surface area contributed by atoms with Gasteiger partial charge in [-0.2, -0.15) is 8.78 Å². The molecule has 10 heteroatoms. The molecule has 6 nitrogen and oxygen atoms in total. The van der Waals surface area contributed by atoms with Crippen LogP contribution in [0.2, 0.25) is 0 Å². The predicted molar refractivity (Wildman–Crippen MR) is 107 cm³/mol. The Kier molecular flexibility index (Phi) is 5.44. The van der Waals surface area contributed by atoms with Crippen LogP contribution in [0.15, 0.2) is 30.5 Å². The summed E-state index contributed by atoms with van der Waals surface area (Å²) in [6, 6.07) is 6.37. The van der Waals surface area contributed by atoms with Crippen molar-refractivity contribution in [1.29, 1.82) is 0 Å². The average molecular weight is 435 g/mol. The number of fused-ring (bicyclic) bond motifs is 2. The van der Waals surface area contributed by atoms with Crippen molar-refractivity contribution in [3.63, 3.8) is 0 Å². The number of hydrogen-bond donors (Lipinski definition) is 1. The normalized spacial score (nSPS) is 12.6. The van der Waals surface area contributed by atoms with Gasteiger partial charge >= 0.3 is 6.61 Å². The summed E-state index contributed by atoms with van der Waals surface area (Å²) in [5, 5.41) is 9.70. The highest BCUT2D eigenvalue weighted by atomic mass is 32.1. The van der Waals surface area contributed by atoms with Gasteiger partial charge in [0.15, 0.2) is 11.6 Å². The first-order chi connectivity index (χ1) is 14.3. The van der Waals surface area contributed by atoms with Crippen molar-refractivity contribution in [2.75, 3.05) is 6.61 Å². The Morgan fingerprint density at radius 1 is 1.10 bits per heavy atom. The number of benzene rings is 2. The lowest BCUT2D eigenvalue weighted by atomic mass is 10.1. The van der Waals surface area contributed by atoms with Gasteiger partial charge in [0, 0.05) is 17.7 Å². The minimum atomic E-state index is -3.00. The highest BCUT2D eigenvalue weighted by molar-refractivity contribution is 7.21. The third kappa shape index (κ3) is 4.01. The Hall–Kier alpha value is -2.98. The summed E-state index contributed by atoms with van der Waals surface area (Å²) in [5.74, 6) is -0.829. The Morgan fingerprint density at radius 2 is 1.90 bits per heavy atom. The summed E-state index contributed by atoms with van der Waals surface area (Å²) < 4.78 is 49.7. The summed E-state index contributed by atoms with van der Waals surface area (Å²) in [6.45, 7) is 0.229. The molecule has 2 aromatic heterocycles. The molecule has 4 rings (SSSR count). The number of aliphatic hydroxyl groups is 1. The van der Waals surface area contributed by atoms with E-state index in [4.69, 9.17) is 9.84 Å². The second-order valence-electron chi connectivity index (χ2n) is 6.65. The van der Waals surface area contributed by atoms with Crippen LogP contribution in [-0.2, 0) is 0 Å². The fraction of sp³-hybridized carbons (Fsp3) is 0.250. The van der Waals surface area contributed by atoms with E-state index in [1.54, 1.807) is 13.0 Å². The molecule has 0 radical (unpaired) electrons. The third-order valence-corrected chi connectivity index (χ3v) is 5.29. The summed E-state index contributed by atoms with van der Waals surface area (Å²) in [6.07, 6.45) is 0.577. The molecule has 0 aliphatic heterocycles. The van der Waals surface area contributed by atoms with E-state index in [1.807, 2.05) is 13.0 Å². The van der Waals surface area contributed by atoms with Crippen LogP contribution in [0.1, 0.15) is 12.5 Å². The lowest BCUT2D eigenvalue weighted by molar-refractivity contribution is -0.0528. The fourth-order valence-corrected chi connectivity index (χ4v) is 3.94. The maximum Gasteiger partial charge on any atom is 0.388 e. The molecule has 0 bridgehead atoms. The Balaban J connectivity index is 1.81. The minimum Gasteiger partial charge on any atom is -0.485 e. The number of hydrogen-bond acceptors (Lipinski definition) is 7. The second-order valence-corrected chi connectivity index (χ2v) is 7.68. The number of aliphatic hydroxyl groups excluding tert-OH is 1. The molecule has 0 fully saturated rings. The number of aryl methyl sites for hydroxylation is 1. The quantitative estimate of drug-likeness (QED) is 0.473. The fourth-order valence-electron chi connectivity index (χ4n) is 2.95. The Labute approximate surface area is 172 Å². The maximum absolute atomic E-state index is 14.4. The first-order valence-electron chi connectivity index (χ1n) is 8.94. The van der Waals surface area contributed by atoms with Gasteiger partial charge in [0.2, 0.25) is 5.88 Å². The summed E-state index contributed by atoms with van der Waals surface area (Å²) >= 11 is 1.31. The van der Waals surface area contributed by atoms with Crippen LogP contribution in [0.5, 0.6) is 11.6 Å². The average Bonchev–Trinajstić information content (AvgIpc) is 3.09. The van der Waals surface area contributed by atoms with E-state index < -0.39 is 18.5 Å². The van der Waals surface area contributed by atoms with Gasteiger partial charge < -0.3 is 14.6 Å². The molecule has 156 valence electrons. The lowest BCUT2D eigenvalue weighted by Crippen LogP contribution is -2.16. The first-order valence-corrected chi connectivity index (χ1v) is 9.76. The zero-order valence-corrected chi connectivity index (χ0v) is 16.7. The van der Waals surface area contributed by atoms with Crippen LogP contribution in [0.4, 0.5) is 13.2 Å². The van der Waals surface area contributed by atoms with Gasteiger partial charge in [-0.3, -0.25) is 0 Å². The number of halogens is 3. The third-order valence-electron chi connectivity index (χ3n) is 4.24. The number of nitrogens with zero attached hydrogens (tertiary/aromatic N) is 3. The van der Waals surface area contributed by atoms with Crippen molar-refractivity contribution in [2.24, 2.45) is 0 Å². The maximum atomic E-state index is 14.4. The van der Waals surface area contributed by atoms with E-state index in [0.29, 0.717) is 31.8 Å². The van der Waals surface area contributed by atoms with Crippen LogP contribution < -0.4 is 9.47 Å². The van der Waals surface area contributed by atoms with E-state index in [0.717, 1.165) is 11.8 Å². The number of ether oxygens (including phenoxy) is 2. The van der Waals surface area contributed by atoms with Crippen LogP contribution >= 0.6 is 11.3 Å². The lowest BCUT2D eigenvalue weighted by Gasteiger charge is -2.12. The van der Waals surface area contributed by atoms with Gasteiger partial charge in [-0.25, -0.2) is 19.3 Å². The van der Waals surface area contributed by atoms with Crippen molar-refractivity contribution in [2.45, 2.75) is 26.6 Å². The van der Waals surface area contributed by atoms with Crippen molar-refractivity contribution in [3.05, 3.63) is 41.8 Å². The molecular formula is C20H16F3N3O3S. The summed E-state index contributed by atoms with van der Waals surface area (Å²) in [5.41, 5.74) is 2.76. The molecule has 0 aliphatic rings. The molecule has 1 unspecified atom stereocenters. The van der Waals surface area contributed by atoms with E-state index >= 15 is 0 Å². The molecule has 1 N–H and O–H groups in total. The Bertz CT molecular complexity index is 1230. The van der Waals surface area contributed by atoms with Crippen LogP contribution in [0, 0.1) is 12.7 Å². The molecule has 2 heterocycles.